The summed E-state index contributed by atoms with van der Waals surface area (Å²) in [4.78, 5) is 42.1. The number of hydroxylamine groups is 3. The first-order chi connectivity index (χ1) is 21.2. The Labute approximate surface area is 263 Å². The largest absolute Gasteiger partial charge is 0.510 e. The summed E-state index contributed by atoms with van der Waals surface area (Å²) in [6.45, 7) is 9.12. The molecule has 0 heterocycles. The number of hydrogen-bond acceptors (Lipinski definition) is 12. The molecular formula is C30H43N3O11P+. The van der Waals surface area contributed by atoms with Crippen molar-refractivity contribution < 1.29 is 56.4 Å². The maximum Gasteiger partial charge on any atom is 0.510 e. The minimum Gasteiger partial charge on any atom is -0.429 e. The normalized spacial score (nSPS) is 15.1. The highest BCUT2D eigenvalue weighted by Gasteiger charge is 2.44. The van der Waals surface area contributed by atoms with Crippen LogP contribution in [0, 0.1) is 17.2 Å². The van der Waals surface area contributed by atoms with E-state index < -0.39 is 61.0 Å². The van der Waals surface area contributed by atoms with Crippen LogP contribution in [0.15, 0.2) is 60.7 Å². The predicted molar refractivity (Wildman–Crippen MR) is 162 cm³/mol. The minimum atomic E-state index is -4.76. The molecule has 0 aromatic heterocycles. The van der Waals surface area contributed by atoms with Crippen molar-refractivity contribution in [3.8, 4) is 0 Å². The van der Waals surface area contributed by atoms with E-state index in [9.17, 15) is 18.9 Å². The van der Waals surface area contributed by atoms with Crippen LogP contribution in [0.25, 0.3) is 0 Å². The van der Waals surface area contributed by atoms with Crippen LogP contribution in [-0.2, 0) is 55.4 Å². The molecule has 0 fully saturated rings. The lowest BCUT2D eigenvalue weighted by Crippen LogP contribution is -2.55. The third kappa shape index (κ3) is 12.9. The van der Waals surface area contributed by atoms with Crippen molar-refractivity contribution in [1.29, 1.82) is 5.41 Å². The number of carbonyl (C=O) groups is 3. The molecule has 3 atom stereocenters. The van der Waals surface area contributed by atoms with Gasteiger partial charge in [0.1, 0.15) is 26.8 Å². The van der Waals surface area contributed by atoms with Crippen LogP contribution in [0.5, 0.6) is 0 Å². The van der Waals surface area contributed by atoms with E-state index in [4.69, 9.17) is 38.2 Å². The molecule has 45 heavy (non-hydrogen) atoms. The highest BCUT2D eigenvalue weighted by atomic mass is 31.2. The molecule has 0 amide bonds. The fourth-order valence-corrected chi connectivity index (χ4v) is 5.13. The predicted octanol–water partition coefficient (Wildman–Crippen LogP) is 6.27. The lowest BCUT2D eigenvalue weighted by Gasteiger charge is -2.33. The van der Waals surface area contributed by atoms with E-state index in [0.717, 1.165) is 6.92 Å². The van der Waals surface area contributed by atoms with Crippen LogP contribution in [0.3, 0.4) is 0 Å². The van der Waals surface area contributed by atoms with Gasteiger partial charge in [-0.25, -0.2) is 29.4 Å². The quantitative estimate of drug-likeness (QED) is 0.0447. The number of benzene rings is 2. The molecular weight excluding hydrogens is 609 g/mol. The summed E-state index contributed by atoms with van der Waals surface area (Å²) in [5.41, 5.74) is 1.41. The molecule has 2 N–H and O–H groups in total. The number of guanidine groups is 1. The Morgan fingerprint density at radius 2 is 1.20 bits per heavy atom. The molecule has 0 aliphatic carbocycles. The number of quaternary nitrogens is 1. The summed E-state index contributed by atoms with van der Waals surface area (Å²) in [6.07, 6.45) is -5.28. The first-order valence-corrected chi connectivity index (χ1v) is 15.8. The summed E-state index contributed by atoms with van der Waals surface area (Å²) < 4.78 is 46.0. The van der Waals surface area contributed by atoms with E-state index >= 15 is 0 Å². The molecule has 2 aromatic carbocycles. The number of nitrogens with zero attached hydrogens (tertiary/aromatic N) is 1. The molecule has 0 radical (unpaired) electrons. The van der Waals surface area contributed by atoms with Crippen molar-refractivity contribution in [2.24, 2.45) is 11.8 Å². The van der Waals surface area contributed by atoms with Crippen molar-refractivity contribution in [3.63, 3.8) is 0 Å². The van der Waals surface area contributed by atoms with E-state index in [1.54, 1.807) is 83.1 Å². The smallest absolute Gasteiger partial charge is 0.429 e. The van der Waals surface area contributed by atoms with Gasteiger partial charge in [-0.1, -0.05) is 93.0 Å². The fourth-order valence-electron chi connectivity index (χ4n) is 3.39. The zero-order valence-corrected chi connectivity index (χ0v) is 27.5. The molecule has 0 spiro atoms. The average molecular weight is 653 g/mol. The Balaban J connectivity index is 2.28. The van der Waals surface area contributed by atoms with Gasteiger partial charge >= 0.3 is 32.0 Å². The lowest BCUT2D eigenvalue weighted by molar-refractivity contribution is -1.00. The number of hydrogen-bond donors (Lipinski definition) is 2. The third-order valence-corrected chi connectivity index (χ3v) is 7.50. The summed E-state index contributed by atoms with van der Waals surface area (Å²) in [6, 6.07) is 17.8. The van der Waals surface area contributed by atoms with E-state index in [1.165, 1.54) is 7.05 Å². The van der Waals surface area contributed by atoms with Gasteiger partial charge in [0.2, 0.25) is 12.6 Å². The SMILES string of the molecule is CC[N+](C)(OC(C)=O)C(=N)NP(=O)(OC(OC(=O)OCc1ccccc1)C(C)C)OC(OC(=O)OCc1ccccc1)C(C)C. The molecule has 0 aliphatic heterocycles. The van der Waals surface area contributed by atoms with E-state index in [0.29, 0.717) is 11.1 Å². The van der Waals surface area contributed by atoms with Crippen molar-refractivity contribution in [2.75, 3.05) is 13.6 Å². The van der Waals surface area contributed by atoms with Gasteiger partial charge in [0.15, 0.2) is 0 Å². The van der Waals surface area contributed by atoms with Gasteiger partial charge in [-0.2, -0.15) is 0 Å². The molecule has 0 saturated heterocycles. The summed E-state index contributed by atoms with van der Waals surface area (Å²) >= 11 is 0. The van der Waals surface area contributed by atoms with E-state index in [2.05, 4.69) is 5.09 Å². The molecule has 2 rings (SSSR count). The standard InChI is InChI=1S/C30H43N3O11P/c1-8-33(7,42-23(6)34)28(31)32-45(37,43-26(21(2)3)40-29(35)38-19-24-15-11-9-12-16-24)44-27(22(4)5)41-30(36)39-20-25-17-13-10-14-18-25/h9-18,21-22,26-27H,8,19-20H2,1-7H3,(H2,31,32,37)/q+1. The lowest BCUT2D eigenvalue weighted by atomic mass is 10.2. The van der Waals surface area contributed by atoms with Crippen molar-refractivity contribution in [2.45, 2.75) is 67.3 Å². The fraction of sp³-hybridized carbons (Fsp3) is 0.467. The first-order valence-electron chi connectivity index (χ1n) is 14.3. The Morgan fingerprint density at radius 3 is 1.53 bits per heavy atom. The molecule has 0 bridgehead atoms. The second-order valence-electron chi connectivity index (χ2n) is 10.7. The van der Waals surface area contributed by atoms with E-state index in [1.807, 2.05) is 12.1 Å². The minimum absolute atomic E-state index is 0.0528. The van der Waals surface area contributed by atoms with Gasteiger partial charge in [-0.05, 0) is 18.1 Å². The first kappa shape index (κ1) is 37.2. The zero-order chi connectivity index (χ0) is 33.6. The monoisotopic (exact) mass is 652 g/mol. The van der Waals surface area contributed by atoms with Crippen molar-refractivity contribution >= 4 is 32.0 Å². The Hall–Kier alpha value is -3.97. The van der Waals surface area contributed by atoms with Crippen molar-refractivity contribution in [3.05, 3.63) is 71.8 Å². The summed E-state index contributed by atoms with van der Waals surface area (Å²) in [5, 5.41) is 10.9. The van der Waals surface area contributed by atoms with Crippen LogP contribution in [0.1, 0.15) is 52.7 Å². The van der Waals surface area contributed by atoms with Crippen LogP contribution >= 0.6 is 7.75 Å². The number of carbonyl (C=O) groups excluding carboxylic acids is 3. The average Bonchev–Trinajstić information content (AvgIpc) is 2.98. The summed E-state index contributed by atoms with van der Waals surface area (Å²) in [7, 11) is -3.39. The number of rotatable bonds is 14. The molecule has 3 unspecified atom stereocenters. The van der Waals surface area contributed by atoms with Crippen LogP contribution < -0.4 is 5.09 Å². The van der Waals surface area contributed by atoms with Crippen LogP contribution in [0.2, 0.25) is 0 Å². The van der Waals surface area contributed by atoms with Gasteiger partial charge < -0.3 is 18.9 Å². The molecule has 0 aliphatic rings. The molecule has 0 saturated carbocycles. The Kier molecular flexibility index (Phi) is 14.5. The third-order valence-electron chi connectivity index (χ3n) is 6.05. The number of ether oxygens (including phenoxy) is 4. The Morgan fingerprint density at radius 1 is 0.800 bits per heavy atom. The molecule has 14 nitrogen and oxygen atoms in total. The summed E-state index contributed by atoms with van der Waals surface area (Å²) in [5.74, 6) is -2.51. The van der Waals surface area contributed by atoms with Gasteiger partial charge in [-0.15, -0.1) is 0 Å². The van der Waals surface area contributed by atoms with Gasteiger partial charge in [0.25, 0.3) is 0 Å². The Bertz CT molecular complexity index is 1240. The second-order valence-corrected chi connectivity index (χ2v) is 12.3. The maximum atomic E-state index is 14.3. The van der Waals surface area contributed by atoms with Crippen LogP contribution in [0.4, 0.5) is 9.59 Å². The van der Waals surface area contributed by atoms with Gasteiger partial charge in [0, 0.05) is 18.8 Å². The highest BCUT2D eigenvalue weighted by molar-refractivity contribution is 7.52. The number of nitrogens with one attached hydrogen (secondary N) is 2. The van der Waals surface area contributed by atoms with Gasteiger partial charge in [0.05, 0.1) is 0 Å². The molecule has 2 aromatic rings. The maximum absolute atomic E-state index is 14.3. The highest BCUT2D eigenvalue weighted by Crippen LogP contribution is 2.49. The topological polar surface area (TPSA) is 169 Å². The second kappa shape index (κ2) is 17.5. The molecule has 15 heteroatoms. The van der Waals surface area contributed by atoms with Gasteiger partial charge in [-0.3, -0.25) is 13.9 Å². The van der Waals surface area contributed by atoms with E-state index in [-0.39, 0.29) is 19.8 Å². The molecule has 248 valence electrons. The van der Waals surface area contributed by atoms with Crippen LogP contribution in [-0.4, -0.2) is 55.1 Å². The zero-order valence-electron chi connectivity index (χ0n) is 26.6. The van der Waals surface area contributed by atoms with Crippen molar-refractivity contribution in [1.82, 2.24) is 5.09 Å².